The number of likely N-dealkylation sites (N-methyl/N-ethyl adjacent to an activating group) is 1. The molecule has 19 heavy (non-hydrogen) atoms. The van der Waals surface area contributed by atoms with Gasteiger partial charge in [-0.25, -0.2) is 0 Å². The van der Waals surface area contributed by atoms with E-state index in [1.165, 1.54) is 0 Å². The van der Waals surface area contributed by atoms with E-state index < -0.39 is 0 Å². The SMILES string of the molecule is CC(C)CC(CNC(=O)COC1(C)CNC1)N(C)C. The zero-order valence-electron chi connectivity index (χ0n) is 13.0. The maximum atomic E-state index is 11.8. The summed E-state index contributed by atoms with van der Waals surface area (Å²) in [6.07, 6.45) is 1.08. The molecule has 0 spiro atoms. The lowest BCUT2D eigenvalue weighted by molar-refractivity contribution is -0.136. The van der Waals surface area contributed by atoms with E-state index in [1.54, 1.807) is 0 Å². The summed E-state index contributed by atoms with van der Waals surface area (Å²) in [4.78, 5) is 13.9. The van der Waals surface area contributed by atoms with Crippen LogP contribution in [0.25, 0.3) is 0 Å². The summed E-state index contributed by atoms with van der Waals surface area (Å²) in [7, 11) is 4.10. The molecule has 0 aromatic carbocycles. The van der Waals surface area contributed by atoms with Gasteiger partial charge in [-0.1, -0.05) is 13.8 Å². The predicted molar refractivity (Wildman–Crippen MR) is 77.2 cm³/mol. The lowest BCUT2D eigenvalue weighted by atomic mass is 10.0. The average molecular weight is 271 g/mol. The molecular weight excluding hydrogens is 242 g/mol. The van der Waals surface area contributed by atoms with Crippen LogP contribution in [-0.4, -0.2) is 62.8 Å². The molecule has 1 heterocycles. The topological polar surface area (TPSA) is 53.6 Å². The van der Waals surface area contributed by atoms with Crippen molar-refractivity contribution in [3.8, 4) is 0 Å². The molecule has 0 aliphatic carbocycles. The van der Waals surface area contributed by atoms with Gasteiger partial charge in [0.2, 0.25) is 5.91 Å². The number of rotatable bonds is 8. The number of carbonyl (C=O) groups is 1. The maximum absolute atomic E-state index is 11.8. The van der Waals surface area contributed by atoms with Crippen molar-refractivity contribution < 1.29 is 9.53 Å². The summed E-state index contributed by atoms with van der Waals surface area (Å²) in [6.45, 7) is 8.92. The fraction of sp³-hybridized carbons (Fsp3) is 0.929. The minimum absolute atomic E-state index is 0.0243. The minimum atomic E-state index is -0.157. The van der Waals surface area contributed by atoms with Crippen molar-refractivity contribution in [1.29, 1.82) is 0 Å². The van der Waals surface area contributed by atoms with Crippen LogP contribution in [0.2, 0.25) is 0 Å². The van der Waals surface area contributed by atoms with Gasteiger partial charge in [0.05, 0.1) is 5.60 Å². The second-order valence-corrected chi connectivity index (χ2v) is 6.39. The van der Waals surface area contributed by atoms with Gasteiger partial charge >= 0.3 is 0 Å². The number of amides is 1. The van der Waals surface area contributed by atoms with Crippen molar-refractivity contribution in [2.24, 2.45) is 5.92 Å². The third-order valence-electron chi connectivity index (χ3n) is 3.56. The van der Waals surface area contributed by atoms with Crippen molar-refractivity contribution >= 4 is 5.91 Å². The summed E-state index contributed by atoms with van der Waals surface area (Å²) in [5.74, 6) is 0.601. The standard InChI is InChI=1S/C14H29N3O2/c1-11(2)6-12(17(4)5)7-16-13(18)8-19-14(3)9-15-10-14/h11-12,15H,6-10H2,1-5H3,(H,16,18). The molecule has 5 heteroatoms. The van der Waals surface area contributed by atoms with E-state index in [1.807, 2.05) is 6.92 Å². The van der Waals surface area contributed by atoms with Crippen molar-refractivity contribution in [1.82, 2.24) is 15.5 Å². The maximum Gasteiger partial charge on any atom is 0.246 e. The molecule has 0 aromatic heterocycles. The van der Waals surface area contributed by atoms with Crippen LogP contribution in [0.15, 0.2) is 0 Å². The fourth-order valence-electron chi connectivity index (χ4n) is 2.12. The van der Waals surface area contributed by atoms with E-state index >= 15 is 0 Å². The number of nitrogens with one attached hydrogen (secondary N) is 2. The molecule has 0 bridgehead atoms. The second kappa shape index (κ2) is 7.22. The number of nitrogens with zero attached hydrogens (tertiary/aromatic N) is 1. The first-order valence-electron chi connectivity index (χ1n) is 7.10. The fourth-order valence-corrected chi connectivity index (χ4v) is 2.12. The van der Waals surface area contributed by atoms with E-state index in [0.717, 1.165) is 19.5 Å². The van der Waals surface area contributed by atoms with Crippen molar-refractivity contribution in [3.05, 3.63) is 0 Å². The molecule has 112 valence electrons. The van der Waals surface area contributed by atoms with Crippen molar-refractivity contribution in [3.63, 3.8) is 0 Å². The molecule has 5 nitrogen and oxygen atoms in total. The Labute approximate surface area is 117 Å². The van der Waals surface area contributed by atoms with Crippen LogP contribution in [0.5, 0.6) is 0 Å². The zero-order valence-corrected chi connectivity index (χ0v) is 13.0. The van der Waals surface area contributed by atoms with Gasteiger partial charge in [-0.05, 0) is 33.4 Å². The van der Waals surface area contributed by atoms with Crippen LogP contribution in [0.4, 0.5) is 0 Å². The van der Waals surface area contributed by atoms with E-state index in [2.05, 4.69) is 43.5 Å². The van der Waals surface area contributed by atoms with Crippen LogP contribution < -0.4 is 10.6 Å². The Morgan fingerprint density at radius 2 is 2.05 bits per heavy atom. The van der Waals surface area contributed by atoms with Crippen LogP contribution in [-0.2, 0) is 9.53 Å². The van der Waals surface area contributed by atoms with E-state index in [9.17, 15) is 4.79 Å². The summed E-state index contributed by atoms with van der Waals surface area (Å²) in [6, 6.07) is 0.380. The highest BCUT2D eigenvalue weighted by molar-refractivity contribution is 5.77. The van der Waals surface area contributed by atoms with Crippen molar-refractivity contribution in [2.75, 3.05) is 40.3 Å². The highest BCUT2D eigenvalue weighted by Crippen LogP contribution is 2.14. The molecule has 1 aliphatic heterocycles. The molecule has 1 unspecified atom stereocenters. The Bertz CT molecular complexity index is 288. The van der Waals surface area contributed by atoms with E-state index in [0.29, 0.717) is 18.5 Å². The Balaban J connectivity index is 2.23. The van der Waals surface area contributed by atoms with Gasteiger partial charge in [0.25, 0.3) is 0 Å². The molecule has 1 saturated heterocycles. The predicted octanol–water partition coefficient (Wildman–Crippen LogP) is 0.457. The molecule has 1 atom stereocenters. The molecule has 1 rings (SSSR count). The average Bonchev–Trinajstić information content (AvgIpc) is 2.28. The van der Waals surface area contributed by atoms with Gasteiger partial charge in [0.1, 0.15) is 6.61 Å². The number of ether oxygens (including phenoxy) is 1. The quantitative estimate of drug-likeness (QED) is 0.673. The van der Waals surface area contributed by atoms with Gasteiger partial charge in [0.15, 0.2) is 0 Å². The zero-order chi connectivity index (χ0) is 14.5. The first-order valence-corrected chi connectivity index (χ1v) is 7.10. The van der Waals surface area contributed by atoms with E-state index in [-0.39, 0.29) is 18.1 Å². The number of hydrogen-bond donors (Lipinski definition) is 2. The van der Waals surface area contributed by atoms with Gasteiger partial charge in [0, 0.05) is 25.7 Å². The third kappa shape index (κ3) is 5.89. The van der Waals surface area contributed by atoms with Crippen LogP contribution in [0.1, 0.15) is 27.2 Å². The normalized spacial score (nSPS) is 19.3. The Morgan fingerprint density at radius 3 is 2.47 bits per heavy atom. The Hall–Kier alpha value is -0.650. The van der Waals surface area contributed by atoms with Crippen LogP contribution in [0, 0.1) is 5.92 Å². The van der Waals surface area contributed by atoms with Gasteiger partial charge in [-0.2, -0.15) is 0 Å². The molecular formula is C14H29N3O2. The lowest BCUT2D eigenvalue weighted by Gasteiger charge is -2.38. The summed E-state index contributed by atoms with van der Waals surface area (Å²) in [5, 5.41) is 6.11. The first-order chi connectivity index (χ1) is 8.82. The van der Waals surface area contributed by atoms with E-state index in [4.69, 9.17) is 4.74 Å². The molecule has 1 amide bonds. The number of carbonyl (C=O) groups excluding carboxylic acids is 1. The highest BCUT2D eigenvalue weighted by atomic mass is 16.5. The minimum Gasteiger partial charge on any atom is -0.363 e. The van der Waals surface area contributed by atoms with Crippen LogP contribution >= 0.6 is 0 Å². The Kier molecular flexibility index (Phi) is 6.23. The van der Waals surface area contributed by atoms with Gasteiger partial charge in [-0.3, -0.25) is 4.79 Å². The highest BCUT2D eigenvalue weighted by Gasteiger charge is 2.33. The third-order valence-corrected chi connectivity index (χ3v) is 3.56. The summed E-state index contributed by atoms with van der Waals surface area (Å²) >= 11 is 0. The molecule has 0 aromatic rings. The Morgan fingerprint density at radius 1 is 1.42 bits per heavy atom. The molecule has 1 aliphatic rings. The van der Waals surface area contributed by atoms with Gasteiger partial charge in [-0.15, -0.1) is 0 Å². The summed E-state index contributed by atoms with van der Waals surface area (Å²) in [5.41, 5.74) is -0.157. The molecule has 2 N–H and O–H groups in total. The largest absolute Gasteiger partial charge is 0.363 e. The molecule has 1 fully saturated rings. The van der Waals surface area contributed by atoms with Crippen molar-refractivity contribution in [2.45, 2.75) is 38.8 Å². The molecule has 0 saturated carbocycles. The smallest absolute Gasteiger partial charge is 0.246 e. The summed E-state index contributed by atoms with van der Waals surface area (Å²) < 4.78 is 5.61. The lowest BCUT2D eigenvalue weighted by Crippen LogP contribution is -2.59. The monoisotopic (exact) mass is 271 g/mol. The second-order valence-electron chi connectivity index (χ2n) is 6.39. The van der Waals surface area contributed by atoms with Crippen LogP contribution in [0.3, 0.4) is 0 Å². The number of hydrogen-bond acceptors (Lipinski definition) is 4. The van der Waals surface area contributed by atoms with Gasteiger partial charge < -0.3 is 20.3 Å². The first kappa shape index (κ1) is 16.4. The molecule has 0 radical (unpaired) electrons.